The van der Waals surface area contributed by atoms with E-state index >= 15 is 0 Å². The van der Waals surface area contributed by atoms with E-state index in [9.17, 15) is 5.11 Å². The summed E-state index contributed by atoms with van der Waals surface area (Å²) in [5.41, 5.74) is 2.75. The molecule has 1 saturated heterocycles. The lowest BCUT2D eigenvalue weighted by molar-refractivity contribution is 0.0446. The maximum atomic E-state index is 10.3. The predicted octanol–water partition coefficient (Wildman–Crippen LogP) is 1.72. The zero-order chi connectivity index (χ0) is 15.8. The molecule has 0 saturated carbocycles. The van der Waals surface area contributed by atoms with Crippen molar-refractivity contribution < 1.29 is 5.11 Å². The van der Waals surface area contributed by atoms with Gasteiger partial charge in [-0.05, 0) is 26.7 Å². The van der Waals surface area contributed by atoms with E-state index in [2.05, 4.69) is 36.1 Å². The van der Waals surface area contributed by atoms with Gasteiger partial charge in [0.15, 0.2) is 0 Å². The Morgan fingerprint density at radius 3 is 2.52 bits per heavy atom. The van der Waals surface area contributed by atoms with Gasteiger partial charge in [-0.25, -0.2) is 15.8 Å². The van der Waals surface area contributed by atoms with Crippen LogP contribution in [0.4, 0.5) is 11.6 Å². The predicted molar refractivity (Wildman–Crippen MR) is 85.3 cm³/mol. The van der Waals surface area contributed by atoms with Gasteiger partial charge in [0.2, 0.25) is 0 Å². The van der Waals surface area contributed by atoms with Crippen LogP contribution in [0, 0.1) is 6.92 Å². The highest BCUT2D eigenvalue weighted by atomic mass is 16.3. The van der Waals surface area contributed by atoms with Crippen LogP contribution in [0.5, 0.6) is 0 Å². The summed E-state index contributed by atoms with van der Waals surface area (Å²) in [6.07, 6.45) is 1.77. The highest BCUT2D eigenvalue weighted by Crippen LogP contribution is 2.31. The Morgan fingerprint density at radius 1 is 1.33 bits per heavy atom. The minimum Gasteiger partial charge on any atom is -0.388 e. The lowest BCUT2D eigenvalue weighted by atomic mass is 9.94. The molecule has 1 fully saturated rings. The van der Waals surface area contributed by atoms with E-state index in [0.717, 1.165) is 36.6 Å². The minimum atomic E-state index is -0.673. The van der Waals surface area contributed by atoms with Gasteiger partial charge in [0, 0.05) is 24.1 Å². The lowest BCUT2D eigenvalue weighted by Crippen LogP contribution is -2.47. The van der Waals surface area contributed by atoms with Crippen LogP contribution in [-0.2, 0) is 5.41 Å². The molecule has 6 heteroatoms. The molecule has 2 heterocycles. The summed E-state index contributed by atoms with van der Waals surface area (Å²) in [7, 11) is 0. The van der Waals surface area contributed by atoms with Crippen LogP contribution in [0.1, 0.15) is 51.9 Å². The molecule has 0 amide bonds. The largest absolute Gasteiger partial charge is 0.388 e. The van der Waals surface area contributed by atoms with E-state index in [-0.39, 0.29) is 5.41 Å². The molecule has 1 aliphatic heterocycles. The number of aliphatic hydroxyl groups is 1. The number of hydrazine groups is 1. The van der Waals surface area contributed by atoms with Crippen LogP contribution in [0.15, 0.2) is 0 Å². The van der Waals surface area contributed by atoms with Crippen LogP contribution >= 0.6 is 0 Å². The first kappa shape index (κ1) is 16.0. The van der Waals surface area contributed by atoms with Crippen molar-refractivity contribution in [1.82, 2.24) is 9.97 Å². The fourth-order valence-electron chi connectivity index (χ4n) is 2.69. The maximum absolute atomic E-state index is 10.3. The number of nitrogens with zero attached hydrogens (tertiary/aromatic N) is 3. The van der Waals surface area contributed by atoms with E-state index in [0.29, 0.717) is 12.4 Å². The van der Waals surface area contributed by atoms with Gasteiger partial charge >= 0.3 is 0 Å². The third kappa shape index (κ3) is 3.44. The Kier molecular flexibility index (Phi) is 4.13. The second kappa shape index (κ2) is 5.42. The summed E-state index contributed by atoms with van der Waals surface area (Å²) in [5, 5.41) is 10.3. The molecule has 118 valence electrons. The highest BCUT2D eigenvalue weighted by Gasteiger charge is 2.31. The average molecular weight is 293 g/mol. The van der Waals surface area contributed by atoms with Gasteiger partial charge < -0.3 is 15.4 Å². The molecule has 6 nitrogen and oxygen atoms in total. The quantitative estimate of drug-likeness (QED) is 0.568. The monoisotopic (exact) mass is 293 g/mol. The summed E-state index contributed by atoms with van der Waals surface area (Å²) >= 11 is 0. The van der Waals surface area contributed by atoms with E-state index < -0.39 is 5.60 Å². The average Bonchev–Trinajstić information content (AvgIpc) is 2.36. The summed E-state index contributed by atoms with van der Waals surface area (Å²) in [6, 6.07) is 0. The van der Waals surface area contributed by atoms with Crippen molar-refractivity contribution in [2.24, 2.45) is 5.84 Å². The number of β-amino-alcohol motifs (C(OH)–C–C–N with tert-alkyl or cyclic N) is 1. The lowest BCUT2D eigenvalue weighted by Gasteiger charge is -2.38. The fourth-order valence-corrected chi connectivity index (χ4v) is 2.69. The first-order chi connectivity index (χ1) is 9.64. The number of hydrogen-bond acceptors (Lipinski definition) is 6. The molecule has 0 bridgehead atoms. The topological polar surface area (TPSA) is 87.3 Å². The Morgan fingerprint density at radius 2 is 2.00 bits per heavy atom. The number of piperidine rings is 1. The zero-order valence-electron chi connectivity index (χ0n) is 13.7. The van der Waals surface area contributed by atoms with Crippen LogP contribution in [-0.4, -0.2) is 33.8 Å². The number of nitrogen functional groups attached to an aromatic ring is 1. The Hall–Kier alpha value is -1.40. The van der Waals surface area contributed by atoms with Crippen LogP contribution in [0.2, 0.25) is 0 Å². The summed E-state index contributed by atoms with van der Waals surface area (Å²) < 4.78 is 0. The molecule has 4 N–H and O–H groups in total. The number of aromatic nitrogens is 2. The molecule has 1 unspecified atom stereocenters. The third-order valence-electron chi connectivity index (χ3n) is 3.90. The van der Waals surface area contributed by atoms with Crippen LogP contribution in [0.3, 0.4) is 0 Å². The highest BCUT2D eigenvalue weighted by molar-refractivity contribution is 5.59. The van der Waals surface area contributed by atoms with E-state index in [1.54, 1.807) is 0 Å². The standard InChI is InChI=1S/C15H27N5O/c1-10-11(19-16)17-13(14(2,3)4)18-12(10)20-8-6-7-15(5,21)9-20/h21H,6-9,16H2,1-5H3,(H,17,18,19). The molecular formula is C15H27N5O. The van der Waals surface area contributed by atoms with Crippen molar-refractivity contribution in [2.75, 3.05) is 23.4 Å². The van der Waals surface area contributed by atoms with E-state index in [1.807, 2.05) is 13.8 Å². The van der Waals surface area contributed by atoms with Gasteiger partial charge in [-0.15, -0.1) is 0 Å². The zero-order valence-corrected chi connectivity index (χ0v) is 13.7. The molecule has 1 atom stereocenters. The molecule has 1 aliphatic rings. The molecule has 0 spiro atoms. The Bertz CT molecular complexity index is 522. The number of nitrogens with one attached hydrogen (secondary N) is 1. The molecule has 2 rings (SSSR count). The van der Waals surface area contributed by atoms with Crippen molar-refractivity contribution >= 4 is 11.6 Å². The van der Waals surface area contributed by atoms with Crippen molar-refractivity contribution in [3.8, 4) is 0 Å². The molecule has 0 radical (unpaired) electrons. The van der Waals surface area contributed by atoms with Gasteiger partial charge in [-0.2, -0.15) is 0 Å². The van der Waals surface area contributed by atoms with Crippen molar-refractivity contribution in [2.45, 2.75) is 58.5 Å². The van der Waals surface area contributed by atoms with Crippen molar-refractivity contribution in [3.63, 3.8) is 0 Å². The van der Waals surface area contributed by atoms with Gasteiger partial charge in [0.05, 0.1) is 5.60 Å². The summed E-state index contributed by atoms with van der Waals surface area (Å²) in [6.45, 7) is 11.5. The van der Waals surface area contributed by atoms with Gasteiger partial charge in [0.1, 0.15) is 17.5 Å². The van der Waals surface area contributed by atoms with Crippen LogP contribution < -0.4 is 16.2 Å². The molecule has 0 aromatic carbocycles. The molecule has 21 heavy (non-hydrogen) atoms. The summed E-state index contributed by atoms with van der Waals surface area (Å²) in [4.78, 5) is 11.4. The molecule has 1 aromatic rings. The number of rotatable bonds is 2. The maximum Gasteiger partial charge on any atom is 0.148 e. The van der Waals surface area contributed by atoms with Gasteiger partial charge in [-0.1, -0.05) is 20.8 Å². The Labute approximate surface area is 126 Å². The minimum absolute atomic E-state index is 0.160. The fraction of sp³-hybridized carbons (Fsp3) is 0.733. The molecule has 1 aromatic heterocycles. The van der Waals surface area contributed by atoms with Crippen molar-refractivity contribution in [3.05, 3.63) is 11.4 Å². The second-order valence-electron chi connectivity index (χ2n) is 7.26. The number of nitrogens with two attached hydrogens (primary N) is 1. The second-order valence-corrected chi connectivity index (χ2v) is 7.26. The third-order valence-corrected chi connectivity index (χ3v) is 3.90. The number of hydrogen-bond donors (Lipinski definition) is 3. The first-order valence-electron chi connectivity index (χ1n) is 7.47. The van der Waals surface area contributed by atoms with E-state index in [1.165, 1.54) is 0 Å². The van der Waals surface area contributed by atoms with Crippen LogP contribution in [0.25, 0.3) is 0 Å². The van der Waals surface area contributed by atoms with E-state index in [4.69, 9.17) is 10.8 Å². The smallest absolute Gasteiger partial charge is 0.148 e. The van der Waals surface area contributed by atoms with Crippen molar-refractivity contribution in [1.29, 1.82) is 0 Å². The Balaban J connectivity index is 2.47. The van der Waals surface area contributed by atoms with Gasteiger partial charge in [-0.3, -0.25) is 0 Å². The molecule has 0 aliphatic carbocycles. The normalized spacial score (nSPS) is 23.3. The van der Waals surface area contributed by atoms with Gasteiger partial charge in [0.25, 0.3) is 0 Å². The SMILES string of the molecule is Cc1c(NN)nc(C(C)(C)C)nc1N1CCCC(C)(O)C1. The number of anilines is 2. The molecular weight excluding hydrogens is 266 g/mol. The summed E-state index contributed by atoms with van der Waals surface area (Å²) in [5.74, 6) is 7.87. The first-order valence-corrected chi connectivity index (χ1v) is 7.47.